The molecule has 0 aliphatic heterocycles. The van der Waals surface area contributed by atoms with E-state index in [2.05, 4.69) is 15.4 Å². The average molecular weight is 494 g/mol. The molecule has 0 bridgehead atoms. The number of rotatable bonds is 9. The van der Waals surface area contributed by atoms with Gasteiger partial charge in [0.25, 0.3) is 5.56 Å². The lowest BCUT2D eigenvalue weighted by Gasteiger charge is -2.23. The number of hydrogen-bond acceptors (Lipinski definition) is 8. The molecule has 35 heavy (non-hydrogen) atoms. The number of aromatic nitrogens is 1. The van der Waals surface area contributed by atoms with Crippen molar-refractivity contribution in [2.24, 2.45) is 0 Å². The first kappa shape index (κ1) is 29.4. The zero-order valence-corrected chi connectivity index (χ0v) is 21.3. The lowest BCUT2D eigenvalue weighted by Crippen LogP contribution is -2.46. The van der Waals surface area contributed by atoms with Gasteiger partial charge in [-0.25, -0.2) is 9.59 Å². The number of alkyl carbamates (subject to hydrolysis) is 1. The van der Waals surface area contributed by atoms with Gasteiger partial charge in [-0.3, -0.25) is 14.4 Å². The van der Waals surface area contributed by atoms with Crippen LogP contribution in [0.5, 0.6) is 0 Å². The summed E-state index contributed by atoms with van der Waals surface area (Å²) >= 11 is 0. The normalized spacial score (nSPS) is 12.5. The van der Waals surface area contributed by atoms with Gasteiger partial charge in [0.2, 0.25) is 5.91 Å². The molecule has 1 aromatic rings. The topological polar surface area (TPSA) is 142 Å². The molecule has 2 amide bonds. The van der Waals surface area contributed by atoms with Crippen LogP contribution in [-0.4, -0.2) is 52.9 Å². The maximum Gasteiger partial charge on any atom is 0.408 e. The summed E-state index contributed by atoms with van der Waals surface area (Å²) in [6, 6.07) is 1.80. The Labute approximate surface area is 204 Å². The smallest absolute Gasteiger partial charge is 0.408 e. The van der Waals surface area contributed by atoms with E-state index in [9.17, 15) is 24.0 Å². The van der Waals surface area contributed by atoms with Crippen LogP contribution in [0.4, 0.5) is 10.5 Å². The molecule has 2 N–H and O–H groups in total. The summed E-state index contributed by atoms with van der Waals surface area (Å²) in [7, 11) is 1.24. The molecular formula is C24H35N3O8. The Morgan fingerprint density at radius 1 is 1.06 bits per heavy atom. The average Bonchev–Trinajstić information content (AvgIpc) is 2.70. The van der Waals surface area contributed by atoms with Crippen LogP contribution < -0.4 is 16.2 Å². The van der Waals surface area contributed by atoms with Gasteiger partial charge in [0.15, 0.2) is 0 Å². The van der Waals surface area contributed by atoms with Crippen molar-refractivity contribution >= 4 is 29.6 Å². The highest BCUT2D eigenvalue weighted by Crippen LogP contribution is 2.10. The summed E-state index contributed by atoms with van der Waals surface area (Å²) in [5, 5.41) is 4.97. The second-order valence-corrected chi connectivity index (χ2v) is 9.63. The molecule has 1 rings (SSSR count). The van der Waals surface area contributed by atoms with Gasteiger partial charge in [-0.15, -0.1) is 0 Å². The fraction of sp³-hybridized carbons (Fsp3) is 0.542. The second-order valence-electron chi connectivity index (χ2n) is 9.63. The first-order valence-electron chi connectivity index (χ1n) is 11.1. The van der Waals surface area contributed by atoms with Crippen molar-refractivity contribution in [3.8, 4) is 0 Å². The van der Waals surface area contributed by atoms with Crippen molar-refractivity contribution in [2.45, 2.75) is 78.2 Å². The number of carbonyl (C=O) groups excluding carboxylic acids is 4. The number of esters is 2. The van der Waals surface area contributed by atoms with E-state index < -0.39 is 46.7 Å². The molecule has 1 atom stereocenters. The molecule has 0 radical (unpaired) electrons. The van der Waals surface area contributed by atoms with E-state index in [-0.39, 0.29) is 25.1 Å². The summed E-state index contributed by atoms with van der Waals surface area (Å²) in [4.78, 5) is 61.3. The summed E-state index contributed by atoms with van der Waals surface area (Å²) < 4.78 is 16.1. The number of carbonyl (C=O) groups is 4. The largest absolute Gasteiger partial charge is 0.466 e. The Morgan fingerprint density at radius 2 is 1.69 bits per heavy atom. The van der Waals surface area contributed by atoms with Crippen molar-refractivity contribution in [3.63, 3.8) is 0 Å². The molecule has 11 heteroatoms. The van der Waals surface area contributed by atoms with Gasteiger partial charge in [-0.2, -0.15) is 0 Å². The molecule has 0 aliphatic carbocycles. The fourth-order valence-electron chi connectivity index (χ4n) is 2.72. The number of ether oxygens (including phenoxy) is 3. The number of anilines is 1. The minimum atomic E-state index is -1.08. The van der Waals surface area contributed by atoms with Crippen LogP contribution in [-0.2, 0) is 35.1 Å². The molecule has 1 aromatic heterocycles. The first-order chi connectivity index (χ1) is 16.1. The number of nitrogens with one attached hydrogen (secondary N) is 2. The third kappa shape index (κ3) is 11.9. The van der Waals surface area contributed by atoms with Gasteiger partial charge < -0.3 is 29.4 Å². The maximum absolute atomic E-state index is 12.9. The molecule has 0 aromatic carbocycles. The third-order valence-corrected chi connectivity index (χ3v) is 4.08. The molecule has 1 unspecified atom stereocenters. The van der Waals surface area contributed by atoms with Crippen molar-refractivity contribution in [2.75, 3.05) is 12.4 Å². The van der Waals surface area contributed by atoms with Gasteiger partial charge in [-0.05, 0) is 66.5 Å². The van der Waals surface area contributed by atoms with E-state index >= 15 is 0 Å². The lowest BCUT2D eigenvalue weighted by atomic mass is 10.1. The molecule has 0 spiro atoms. The van der Waals surface area contributed by atoms with Crippen molar-refractivity contribution in [1.82, 2.24) is 9.88 Å². The lowest BCUT2D eigenvalue weighted by molar-refractivity contribution is -0.155. The fourth-order valence-corrected chi connectivity index (χ4v) is 2.72. The van der Waals surface area contributed by atoms with Crippen molar-refractivity contribution in [3.05, 3.63) is 40.8 Å². The highest BCUT2D eigenvalue weighted by molar-refractivity contribution is 5.96. The molecule has 0 saturated carbocycles. The molecular weight excluding hydrogens is 458 g/mol. The molecule has 0 aliphatic rings. The molecule has 11 nitrogen and oxygen atoms in total. The Hall–Kier alpha value is -3.63. The summed E-state index contributed by atoms with van der Waals surface area (Å²) in [6.45, 7) is 9.83. The number of hydrogen-bond donors (Lipinski definition) is 2. The third-order valence-electron chi connectivity index (χ3n) is 4.08. The Morgan fingerprint density at radius 3 is 2.26 bits per heavy atom. The van der Waals surface area contributed by atoms with Gasteiger partial charge in [0.1, 0.15) is 29.5 Å². The van der Waals surface area contributed by atoms with Crippen LogP contribution in [0.25, 0.3) is 0 Å². The van der Waals surface area contributed by atoms with E-state index in [1.165, 1.54) is 37.6 Å². The van der Waals surface area contributed by atoms with Crippen LogP contribution in [0.3, 0.4) is 0 Å². The Kier molecular flexibility index (Phi) is 10.7. The highest BCUT2D eigenvalue weighted by Gasteiger charge is 2.25. The number of amides is 2. The quantitative estimate of drug-likeness (QED) is 0.304. The summed E-state index contributed by atoms with van der Waals surface area (Å²) in [5.74, 6) is -1.83. The predicted octanol–water partition coefficient (Wildman–Crippen LogP) is 2.53. The highest BCUT2D eigenvalue weighted by atomic mass is 16.6. The van der Waals surface area contributed by atoms with Crippen LogP contribution in [0, 0.1) is 0 Å². The maximum atomic E-state index is 12.9. The minimum absolute atomic E-state index is 0.0813. The number of pyridine rings is 1. The standard InChI is InChI=1S/C24H35N3O8/c1-23(2,3)34-19(29)15-27-14-10-12-17(21(27)31)25-20(30)16(11-8-9-13-18(28)33-7)26-22(32)35-24(4,5)6/h9-10,12-14,16H,8,11,15H2,1-7H3,(H,25,30)(H,26,32)/b13-9+. The van der Waals surface area contributed by atoms with E-state index in [1.807, 2.05) is 0 Å². The van der Waals surface area contributed by atoms with Crippen LogP contribution in [0.15, 0.2) is 35.3 Å². The van der Waals surface area contributed by atoms with Gasteiger partial charge in [0, 0.05) is 12.3 Å². The van der Waals surface area contributed by atoms with Crippen molar-refractivity contribution < 1.29 is 33.4 Å². The monoisotopic (exact) mass is 493 g/mol. The summed E-state index contributed by atoms with van der Waals surface area (Å²) in [5.41, 5.74) is -2.20. The molecule has 194 valence electrons. The Bertz CT molecular complexity index is 999. The molecule has 0 fully saturated rings. The minimum Gasteiger partial charge on any atom is -0.466 e. The Balaban J connectivity index is 3.01. The first-order valence-corrected chi connectivity index (χ1v) is 11.1. The van der Waals surface area contributed by atoms with E-state index in [1.54, 1.807) is 41.5 Å². The van der Waals surface area contributed by atoms with E-state index in [4.69, 9.17) is 9.47 Å². The van der Waals surface area contributed by atoms with Crippen LogP contribution in [0.1, 0.15) is 54.4 Å². The summed E-state index contributed by atoms with van der Waals surface area (Å²) in [6.07, 6.45) is 3.65. The number of nitrogens with zero attached hydrogens (tertiary/aromatic N) is 1. The zero-order valence-electron chi connectivity index (χ0n) is 21.3. The molecule has 0 saturated heterocycles. The van der Waals surface area contributed by atoms with Gasteiger partial charge in [0.05, 0.1) is 7.11 Å². The number of allylic oxidation sites excluding steroid dienone is 1. The van der Waals surface area contributed by atoms with Crippen LogP contribution in [0.2, 0.25) is 0 Å². The van der Waals surface area contributed by atoms with Crippen molar-refractivity contribution in [1.29, 1.82) is 0 Å². The van der Waals surface area contributed by atoms with Gasteiger partial charge in [-0.1, -0.05) is 6.08 Å². The van der Waals surface area contributed by atoms with Gasteiger partial charge >= 0.3 is 18.0 Å². The predicted molar refractivity (Wildman–Crippen MR) is 129 cm³/mol. The zero-order chi connectivity index (χ0) is 26.8. The number of methoxy groups -OCH3 is 1. The second kappa shape index (κ2) is 12.7. The van der Waals surface area contributed by atoms with Crippen LogP contribution >= 0.6 is 0 Å². The van der Waals surface area contributed by atoms with E-state index in [0.717, 1.165) is 4.57 Å². The molecule has 1 heterocycles. The SMILES string of the molecule is COC(=O)/C=C/CCC(NC(=O)OC(C)(C)C)C(=O)Nc1cccn(CC(=O)OC(C)(C)C)c1=O. The van der Waals surface area contributed by atoms with E-state index in [0.29, 0.717) is 0 Å².